The highest BCUT2D eigenvalue weighted by Gasteiger charge is 2.40. The fourth-order valence-electron chi connectivity index (χ4n) is 3.99. The lowest BCUT2D eigenvalue weighted by Crippen LogP contribution is -2.56. The van der Waals surface area contributed by atoms with Crippen LogP contribution >= 0.6 is 11.3 Å². The van der Waals surface area contributed by atoms with Crippen LogP contribution in [0.3, 0.4) is 0 Å². The quantitative estimate of drug-likeness (QED) is 0.851. The maximum Gasteiger partial charge on any atom is 0.263 e. The monoisotopic (exact) mass is 355 g/mol. The smallest absolute Gasteiger partial charge is 0.263 e. The number of hydrogen-bond acceptors (Lipinski definition) is 4. The van der Waals surface area contributed by atoms with Gasteiger partial charge >= 0.3 is 0 Å². The van der Waals surface area contributed by atoms with Crippen molar-refractivity contribution >= 4 is 23.2 Å². The number of aromatic nitrogens is 1. The molecule has 2 saturated heterocycles. The zero-order valence-electron chi connectivity index (χ0n) is 14.0. The van der Waals surface area contributed by atoms with Crippen LogP contribution in [0.15, 0.2) is 42.0 Å². The maximum absolute atomic E-state index is 12.6. The summed E-state index contributed by atoms with van der Waals surface area (Å²) in [5, 5.41) is 1.94. The molecule has 130 valence electrons. The topological polar surface area (TPSA) is 53.5 Å². The van der Waals surface area contributed by atoms with Crippen molar-refractivity contribution < 1.29 is 9.59 Å². The Morgan fingerprint density at radius 2 is 2.20 bits per heavy atom. The molecule has 0 N–H and O–H groups in total. The molecule has 2 aliphatic rings. The molecular weight excluding hydrogens is 334 g/mol. The molecule has 4 rings (SSSR count). The van der Waals surface area contributed by atoms with E-state index >= 15 is 0 Å². The Kier molecular flexibility index (Phi) is 4.53. The average molecular weight is 355 g/mol. The largest absolute Gasteiger partial charge is 0.338 e. The van der Waals surface area contributed by atoms with E-state index in [1.165, 1.54) is 11.3 Å². The van der Waals surface area contributed by atoms with E-state index < -0.39 is 0 Å². The Morgan fingerprint density at radius 1 is 1.28 bits per heavy atom. The third-order valence-corrected chi connectivity index (χ3v) is 6.10. The van der Waals surface area contributed by atoms with Crippen molar-refractivity contribution in [3.8, 4) is 0 Å². The van der Waals surface area contributed by atoms with Gasteiger partial charge in [0.2, 0.25) is 5.91 Å². The number of likely N-dealkylation sites (tertiary alicyclic amines) is 2. The van der Waals surface area contributed by atoms with E-state index in [2.05, 4.69) is 4.98 Å². The molecular formula is C19H21N3O2S. The summed E-state index contributed by atoms with van der Waals surface area (Å²) >= 11 is 1.49. The molecule has 0 bridgehead atoms. The van der Waals surface area contributed by atoms with E-state index in [1.54, 1.807) is 6.20 Å². The molecule has 0 aromatic carbocycles. The minimum absolute atomic E-state index is 0.129. The summed E-state index contributed by atoms with van der Waals surface area (Å²) in [5.74, 6) is 0.722. The first-order chi connectivity index (χ1) is 12.2. The number of thiophene rings is 1. The van der Waals surface area contributed by atoms with Crippen molar-refractivity contribution in [1.29, 1.82) is 0 Å². The molecule has 5 nitrogen and oxygen atoms in total. The van der Waals surface area contributed by atoms with Gasteiger partial charge in [-0.15, -0.1) is 11.3 Å². The molecule has 2 amide bonds. The first-order valence-electron chi connectivity index (χ1n) is 8.73. The fourth-order valence-corrected chi connectivity index (χ4v) is 4.68. The SMILES string of the molecule is O=C(c1cccs1)N1CC[C@@H]2[C@@H](CCC(=O)N2Cc2cccnc2)C1. The molecule has 2 aromatic rings. The highest BCUT2D eigenvalue weighted by molar-refractivity contribution is 7.12. The summed E-state index contributed by atoms with van der Waals surface area (Å²) in [6, 6.07) is 7.95. The summed E-state index contributed by atoms with van der Waals surface area (Å²) in [4.78, 5) is 34.0. The van der Waals surface area contributed by atoms with Crippen LogP contribution in [0.5, 0.6) is 0 Å². The van der Waals surface area contributed by atoms with Crippen LogP contribution in [0.4, 0.5) is 0 Å². The lowest BCUT2D eigenvalue weighted by atomic mass is 9.83. The molecule has 0 radical (unpaired) electrons. The zero-order chi connectivity index (χ0) is 17.2. The second-order valence-corrected chi connectivity index (χ2v) is 7.71. The van der Waals surface area contributed by atoms with Crippen molar-refractivity contribution in [2.45, 2.75) is 31.8 Å². The van der Waals surface area contributed by atoms with Gasteiger partial charge < -0.3 is 9.80 Å². The van der Waals surface area contributed by atoms with Crippen LogP contribution in [0.1, 0.15) is 34.5 Å². The van der Waals surface area contributed by atoms with Gasteiger partial charge in [0.15, 0.2) is 0 Å². The summed E-state index contributed by atoms with van der Waals surface area (Å²) in [5.41, 5.74) is 1.06. The van der Waals surface area contributed by atoms with Gasteiger partial charge in [0, 0.05) is 44.5 Å². The van der Waals surface area contributed by atoms with Crippen LogP contribution in [-0.4, -0.2) is 45.7 Å². The predicted molar refractivity (Wildman–Crippen MR) is 96.1 cm³/mol. The fraction of sp³-hybridized carbons (Fsp3) is 0.421. The molecule has 2 atom stereocenters. The minimum atomic E-state index is 0.129. The summed E-state index contributed by atoms with van der Waals surface area (Å²) in [7, 11) is 0. The van der Waals surface area contributed by atoms with Gasteiger partial charge in [0.1, 0.15) is 0 Å². The molecule has 0 saturated carbocycles. The number of pyridine rings is 1. The molecule has 0 aliphatic carbocycles. The molecule has 6 heteroatoms. The van der Waals surface area contributed by atoms with Gasteiger partial charge in [-0.2, -0.15) is 0 Å². The van der Waals surface area contributed by atoms with Gasteiger partial charge in [-0.1, -0.05) is 12.1 Å². The standard InChI is InChI=1S/C19H21N3O2S/c23-18-6-5-15-13-21(19(24)17-4-2-10-25-17)9-7-16(15)22(18)12-14-3-1-8-20-11-14/h1-4,8,10-11,15-16H,5-7,9,12-13H2/t15-,16+/m0/s1. The van der Waals surface area contributed by atoms with Crippen molar-refractivity contribution in [1.82, 2.24) is 14.8 Å². The van der Waals surface area contributed by atoms with Gasteiger partial charge in [-0.05, 0) is 41.8 Å². The number of piperidine rings is 2. The first kappa shape index (κ1) is 16.3. The maximum atomic E-state index is 12.6. The summed E-state index contributed by atoms with van der Waals surface area (Å²) < 4.78 is 0. The summed E-state index contributed by atoms with van der Waals surface area (Å²) in [6.45, 7) is 2.08. The normalized spacial score (nSPS) is 23.4. The first-order valence-corrected chi connectivity index (χ1v) is 9.61. The highest BCUT2D eigenvalue weighted by atomic mass is 32.1. The van der Waals surface area contributed by atoms with E-state index in [-0.39, 0.29) is 17.9 Å². The second-order valence-electron chi connectivity index (χ2n) is 6.77. The second kappa shape index (κ2) is 6.96. The number of fused-ring (bicyclic) bond motifs is 1. The van der Waals surface area contributed by atoms with Crippen molar-refractivity contribution in [2.24, 2.45) is 5.92 Å². The Hall–Kier alpha value is -2.21. The van der Waals surface area contributed by atoms with Crippen LogP contribution in [0, 0.1) is 5.92 Å². The van der Waals surface area contributed by atoms with E-state index in [4.69, 9.17) is 0 Å². The Bertz CT molecular complexity index is 747. The minimum Gasteiger partial charge on any atom is -0.338 e. The number of nitrogens with zero attached hydrogens (tertiary/aromatic N) is 3. The molecule has 2 fully saturated rings. The van der Waals surface area contributed by atoms with Crippen molar-refractivity contribution in [3.05, 3.63) is 52.5 Å². The third kappa shape index (κ3) is 3.31. The van der Waals surface area contributed by atoms with Crippen LogP contribution < -0.4 is 0 Å². The Labute approximate surface area is 151 Å². The molecule has 0 spiro atoms. The molecule has 4 heterocycles. The molecule has 25 heavy (non-hydrogen) atoms. The van der Waals surface area contributed by atoms with E-state index in [0.29, 0.717) is 25.4 Å². The third-order valence-electron chi connectivity index (χ3n) is 5.24. The van der Waals surface area contributed by atoms with Crippen molar-refractivity contribution in [3.63, 3.8) is 0 Å². The molecule has 2 aromatic heterocycles. The van der Waals surface area contributed by atoms with Gasteiger partial charge in [0.25, 0.3) is 5.91 Å². The van der Waals surface area contributed by atoms with Crippen LogP contribution in [0.2, 0.25) is 0 Å². The van der Waals surface area contributed by atoms with Crippen LogP contribution in [0.25, 0.3) is 0 Å². The lowest BCUT2D eigenvalue weighted by molar-refractivity contribution is -0.141. The average Bonchev–Trinajstić information content (AvgIpc) is 3.19. The number of carbonyl (C=O) groups excluding carboxylic acids is 2. The number of amides is 2. The van der Waals surface area contributed by atoms with Gasteiger partial charge in [0.05, 0.1) is 4.88 Å². The predicted octanol–water partition coefficient (Wildman–Crippen LogP) is 2.80. The number of carbonyl (C=O) groups is 2. The zero-order valence-corrected chi connectivity index (χ0v) is 14.8. The van der Waals surface area contributed by atoms with E-state index in [0.717, 1.165) is 29.8 Å². The lowest BCUT2D eigenvalue weighted by Gasteiger charge is -2.47. The van der Waals surface area contributed by atoms with Gasteiger partial charge in [-0.25, -0.2) is 0 Å². The molecule has 2 aliphatic heterocycles. The van der Waals surface area contributed by atoms with Gasteiger partial charge in [-0.3, -0.25) is 14.6 Å². The Morgan fingerprint density at radius 3 is 2.96 bits per heavy atom. The van der Waals surface area contributed by atoms with Crippen molar-refractivity contribution in [2.75, 3.05) is 13.1 Å². The summed E-state index contributed by atoms with van der Waals surface area (Å²) in [6.07, 6.45) is 5.88. The number of rotatable bonds is 3. The number of hydrogen-bond donors (Lipinski definition) is 0. The van der Waals surface area contributed by atoms with E-state index in [1.807, 2.05) is 45.6 Å². The Balaban J connectivity index is 1.47. The van der Waals surface area contributed by atoms with E-state index in [9.17, 15) is 9.59 Å². The highest BCUT2D eigenvalue weighted by Crippen LogP contribution is 2.33. The molecule has 0 unspecified atom stereocenters. The van der Waals surface area contributed by atoms with Crippen LogP contribution in [-0.2, 0) is 11.3 Å².